The van der Waals surface area contributed by atoms with Crippen LogP contribution in [0.5, 0.6) is 0 Å². The van der Waals surface area contributed by atoms with Crippen LogP contribution in [0.3, 0.4) is 0 Å². The summed E-state index contributed by atoms with van der Waals surface area (Å²) in [5.74, 6) is -0.00409. The van der Waals surface area contributed by atoms with E-state index in [1.54, 1.807) is 29.2 Å². The Kier molecular flexibility index (Phi) is 5.26. The SMILES string of the molecule is Cn1cccc1CN(C(=O)CN(C(=O)Nc1ccc(C#N)cc1)C1CC1)C1CC1. The van der Waals surface area contributed by atoms with Gasteiger partial charge in [-0.25, -0.2) is 4.79 Å². The molecule has 0 spiro atoms. The molecule has 150 valence electrons. The lowest BCUT2D eigenvalue weighted by Gasteiger charge is -2.28. The summed E-state index contributed by atoms with van der Waals surface area (Å²) in [5.41, 5.74) is 2.25. The second-order valence-electron chi connectivity index (χ2n) is 7.84. The van der Waals surface area contributed by atoms with Crippen LogP contribution in [0.15, 0.2) is 42.6 Å². The summed E-state index contributed by atoms with van der Waals surface area (Å²) in [5, 5.41) is 11.8. The predicted octanol–water partition coefficient (Wildman–Crippen LogP) is 3.08. The minimum absolute atomic E-state index is 0.00409. The number of aryl methyl sites for hydroxylation is 1. The Bertz CT molecular complexity index is 935. The maximum absolute atomic E-state index is 13.1. The number of benzene rings is 1. The van der Waals surface area contributed by atoms with Crippen molar-refractivity contribution in [1.29, 1.82) is 5.26 Å². The molecule has 0 aliphatic heterocycles. The molecule has 0 radical (unpaired) electrons. The average Bonchev–Trinajstić information content (AvgIpc) is 3.64. The van der Waals surface area contributed by atoms with Gasteiger partial charge in [0.15, 0.2) is 0 Å². The number of amides is 3. The lowest BCUT2D eigenvalue weighted by Crippen LogP contribution is -2.46. The van der Waals surface area contributed by atoms with E-state index in [1.807, 2.05) is 34.8 Å². The standard InChI is InChI=1S/C22H25N5O2/c1-25-12-2-3-20(25)14-26(18-8-9-18)21(28)15-27(19-10-11-19)22(29)24-17-6-4-16(13-23)5-7-17/h2-7,12,18-19H,8-11,14-15H2,1H3,(H,24,29). The topological polar surface area (TPSA) is 81.4 Å². The third-order valence-electron chi connectivity index (χ3n) is 5.51. The molecule has 29 heavy (non-hydrogen) atoms. The van der Waals surface area contributed by atoms with Crippen LogP contribution in [-0.2, 0) is 18.4 Å². The van der Waals surface area contributed by atoms with Crippen molar-refractivity contribution < 1.29 is 9.59 Å². The van der Waals surface area contributed by atoms with Gasteiger partial charge in [0.1, 0.15) is 6.54 Å². The van der Waals surface area contributed by atoms with Crippen molar-refractivity contribution in [2.75, 3.05) is 11.9 Å². The summed E-state index contributed by atoms with van der Waals surface area (Å²) in [7, 11) is 1.98. The van der Waals surface area contributed by atoms with Crippen LogP contribution >= 0.6 is 0 Å². The van der Waals surface area contributed by atoms with Gasteiger partial charge in [-0.15, -0.1) is 0 Å². The predicted molar refractivity (Wildman–Crippen MR) is 109 cm³/mol. The minimum Gasteiger partial charge on any atom is -0.353 e. The fraction of sp³-hybridized carbons (Fsp3) is 0.409. The third kappa shape index (κ3) is 4.60. The Morgan fingerprint density at radius 1 is 1.10 bits per heavy atom. The first-order valence-corrected chi connectivity index (χ1v) is 10.0. The molecule has 1 aromatic carbocycles. The number of nitriles is 1. The largest absolute Gasteiger partial charge is 0.353 e. The number of hydrogen-bond donors (Lipinski definition) is 1. The van der Waals surface area contributed by atoms with Gasteiger partial charge in [-0.2, -0.15) is 5.26 Å². The van der Waals surface area contributed by atoms with Crippen LogP contribution < -0.4 is 5.32 Å². The highest BCUT2D eigenvalue weighted by molar-refractivity contribution is 5.93. The molecule has 0 saturated heterocycles. The van der Waals surface area contributed by atoms with Crippen molar-refractivity contribution in [2.24, 2.45) is 7.05 Å². The second-order valence-corrected chi connectivity index (χ2v) is 7.84. The zero-order valence-electron chi connectivity index (χ0n) is 16.5. The molecule has 1 aromatic heterocycles. The van der Waals surface area contributed by atoms with Crippen molar-refractivity contribution in [3.8, 4) is 6.07 Å². The first kappa shape index (κ1) is 19.1. The number of rotatable bonds is 7. The summed E-state index contributed by atoms with van der Waals surface area (Å²) >= 11 is 0. The zero-order chi connectivity index (χ0) is 20.4. The second kappa shape index (κ2) is 8.00. The summed E-state index contributed by atoms with van der Waals surface area (Å²) in [6.07, 6.45) is 5.88. The molecule has 0 atom stereocenters. The maximum Gasteiger partial charge on any atom is 0.322 e. The molecule has 2 aliphatic rings. The van der Waals surface area contributed by atoms with Crippen molar-refractivity contribution in [1.82, 2.24) is 14.4 Å². The van der Waals surface area contributed by atoms with Crippen LogP contribution in [0.1, 0.15) is 36.9 Å². The normalized spacial score (nSPS) is 15.4. The van der Waals surface area contributed by atoms with E-state index >= 15 is 0 Å². The smallest absolute Gasteiger partial charge is 0.322 e. The minimum atomic E-state index is -0.264. The number of urea groups is 1. The van der Waals surface area contributed by atoms with Crippen molar-refractivity contribution >= 4 is 17.6 Å². The Balaban J connectivity index is 1.42. The lowest BCUT2D eigenvalue weighted by atomic mass is 10.2. The molecule has 7 nitrogen and oxygen atoms in total. The fourth-order valence-electron chi connectivity index (χ4n) is 3.46. The third-order valence-corrected chi connectivity index (χ3v) is 5.51. The Morgan fingerprint density at radius 2 is 1.76 bits per heavy atom. The number of nitrogens with zero attached hydrogens (tertiary/aromatic N) is 4. The van der Waals surface area contributed by atoms with Crippen LogP contribution in [0.25, 0.3) is 0 Å². The number of anilines is 1. The molecule has 2 saturated carbocycles. The fourth-order valence-corrected chi connectivity index (χ4v) is 3.46. The molecule has 2 aliphatic carbocycles. The van der Waals surface area contributed by atoms with Gasteiger partial charge < -0.3 is 19.7 Å². The Hall–Kier alpha value is -3.27. The molecule has 2 aromatic rings. The lowest BCUT2D eigenvalue weighted by molar-refractivity contribution is -0.133. The van der Waals surface area contributed by atoms with E-state index < -0.39 is 0 Å². The number of hydrogen-bond acceptors (Lipinski definition) is 3. The van der Waals surface area contributed by atoms with E-state index in [0.717, 1.165) is 31.4 Å². The maximum atomic E-state index is 13.1. The molecule has 1 heterocycles. The molecule has 0 bridgehead atoms. The van der Waals surface area contributed by atoms with E-state index in [-0.39, 0.29) is 30.6 Å². The summed E-state index contributed by atoms with van der Waals surface area (Å²) in [6, 6.07) is 12.9. The van der Waals surface area contributed by atoms with Gasteiger partial charge in [0, 0.05) is 36.7 Å². The molecule has 2 fully saturated rings. The van der Waals surface area contributed by atoms with Gasteiger partial charge in [-0.05, 0) is 62.1 Å². The number of aromatic nitrogens is 1. The van der Waals surface area contributed by atoms with Crippen LogP contribution in [0, 0.1) is 11.3 Å². The summed E-state index contributed by atoms with van der Waals surface area (Å²) < 4.78 is 2.03. The summed E-state index contributed by atoms with van der Waals surface area (Å²) in [4.78, 5) is 29.5. The van der Waals surface area contributed by atoms with E-state index in [9.17, 15) is 9.59 Å². The molecule has 1 N–H and O–H groups in total. The molecule has 3 amide bonds. The van der Waals surface area contributed by atoms with Gasteiger partial charge in [-0.3, -0.25) is 4.79 Å². The van der Waals surface area contributed by atoms with E-state index in [1.165, 1.54) is 0 Å². The average molecular weight is 391 g/mol. The molecular formula is C22H25N5O2. The van der Waals surface area contributed by atoms with Crippen LogP contribution in [0.2, 0.25) is 0 Å². The Labute approximate surface area is 170 Å². The zero-order valence-corrected chi connectivity index (χ0v) is 16.5. The first-order chi connectivity index (χ1) is 14.0. The van der Waals surface area contributed by atoms with Crippen LogP contribution in [-0.4, -0.2) is 44.9 Å². The number of carbonyl (C=O) groups excluding carboxylic acids is 2. The molecule has 7 heteroatoms. The summed E-state index contributed by atoms with van der Waals surface area (Å²) in [6.45, 7) is 0.663. The first-order valence-electron chi connectivity index (χ1n) is 10.0. The molecular weight excluding hydrogens is 366 g/mol. The molecule has 4 rings (SSSR count). The quantitative estimate of drug-likeness (QED) is 0.787. The van der Waals surface area contributed by atoms with Gasteiger partial charge in [0.25, 0.3) is 0 Å². The Morgan fingerprint density at radius 3 is 2.31 bits per heavy atom. The van der Waals surface area contributed by atoms with E-state index in [2.05, 4.69) is 11.4 Å². The monoisotopic (exact) mass is 391 g/mol. The van der Waals surface area contributed by atoms with Crippen molar-refractivity contribution in [3.63, 3.8) is 0 Å². The van der Waals surface area contributed by atoms with Crippen molar-refractivity contribution in [3.05, 3.63) is 53.9 Å². The van der Waals surface area contributed by atoms with Crippen molar-refractivity contribution in [2.45, 2.75) is 44.3 Å². The van der Waals surface area contributed by atoms with Gasteiger partial charge in [0.05, 0.1) is 18.2 Å². The molecule has 0 unspecified atom stereocenters. The van der Waals surface area contributed by atoms with E-state index in [0.29, 0.717) is 17.8 Å². The van der Waals surface area contributed by atoms with Gasteiger partial charge in [0.2, 0.25) is 5.91 Å². The highest BCUT2D eigenvalue weighted by atomic mass is 16.2. The van der Waals surface area contributed by atoms with Gasteiger partial charge in [-0.1, -0.05) is 0 Å². The van der Waals surface area contributed by atoms with E-state index in [4.69, 9.17) is 5.26 Å². The highest BCUT2D eigenvalue weighted by Gasteiger charge is 2.38. The number of nitrogens with one attached hydrogen (secondary N) is 1. The number of carbonyl (C=O) groups is 2. The highest BCUT2D eigenvalue weighted by Crippen LogP contribution is 2.31. The van der Waals surface area contributed by atoms with Gasteiger partial charge >= 0.3 is 6.03 Å². The van der Waals surface area contributed by atoms with Crippen LogP contribution in [0.4, 0.5) is 10.5 Å².